The van der Waals surface area contributed by atoms with Crippen LogP contribution in [0, 0.1) is 5.92 Å². The van der Waals surface area contributed by atoms with Gasteiger partial charge in [0.1, 0.15) is 5.69 Å². The van der Waals surface area contributed by atoms with E-state index in [-0.39, 0.29) is 23.9 Å². The maximum atomic E-state index is 12.6. The Morgan fingerprint density at radius 1 is 1.24 bits per heavy atom. The second-order valence-electron chi connectivity index (χ2n) is 6.78. The largest absolute Gasteiger partial charge is 0.342 e. The molecular weight excluding hydrogens is 318 g/mol. The molecule has 0 aromatic carbocycles. The maximum absolute atomic E-state index is 12.6. The second kappa shape index (κ2) is 6.89. The van der Waals surface area contributed by atoms with Crippen LogP contribution in [0.5, 0.6) is 0 Å². The Morgan fingerprint density at radius 3 is 2.76 bits per heavy atom. The van der Waals surface area contributed by atoms with Gasteiger partial charge in [-0.2, -0.15) is 0 Å². The fourth-order valence-corrected chi connectivity index (χ4v) is 3.58. The highest BCUT2D eigenvalue weighted by Crippen LogP contribution is 2.25. The lowest BCUT2D eigenvalue weighted by molar-refractivity contribution is -0.136. The Bertz CT molecular complexity index is 724. The molecule has 2 aliphatic heterocycles. The van der Waals surface area contributed by atoms with E-state index in [1.807, 2.05) is 40.9 Å². The van der Waals surface area contributed by atoms with Crippen LogP contribution in [0.25, 0.3) is 11.4 Å². The quantitative estimate of drug-likeness (QED) is 0.851. The van der Waals surface area contributed by atoms with Crippen LogP contribution >= 0.6 is 0 Å². The fourth-order valence-electron chi connectivity index (χ4n) is 3.58. The van der Waals surface area contributed by atoms with Crippen molar-refractivity contribution in [3.05, 3.63) is 30.6 Å². The molecule has 2 aromatic rings. The van der Waals surface area contributed by atoms with Crippen LogP contribution in [0.4, 0.5) is 0 Å². The third-order valence-electron chi connectivity index (χ3n) is 5.16. The molecule has 2 aliphatic rings. The summed E-state index contributed by atoms with van der Waals surface area (Å²) in [5, 5.41) is 8.52. The number of nitrogens with one attached hydrogen (secondary N) is 2. The molecule has 4 rings (SSSR count). The molecule has 8 nitrogen and oxygen atoms in total. The highest BCUT2D eigenvalue weighted by molar-refractivity contribution is 5.80. The zero-order chi connectivity index (χ0) is 17.2. The molecule has 25 heavy (non-hydrogen) atoms. The van der Waals surface area contributed by atoms with Gasteiger partial charge in [-0.15, -0.1) is 5.10 Å². The topological polar surface area (TPSA) is 88.0 Å². The summed E-state index contributed by atoms with van der Waals surface area (Å²) < 4.78 is 1.92. The Kier molecular flexibility index (Phi) is 4.46. The number of pyridine rings is 1. The number of rotatable bonds is 3. The predicted molar refractivity (Wildman–Crippen MR) is 92.2 cm³/mol. The van der Waals surface area contributed by atoms with Crippen molar-refractivity contribution in [3.63, 3.8) is 0 Å². The van der Waals surface area contributed by atoms with Gasteiger partial charge < -0.3 is 4.90 Å². The molecule has 0 spiro atoms. The van der Waals surface area contributed by atoms with Gasteiger partial charge in [0, 0.05) is 31.9 Å². The van der Waals surface area contributed by atoms with Gasteiger partial charge >= 0.3 is 0 Å². The number of hydrogen-bond acceptors (Lipinski definition) is 6. The third kappa shape index (κ3) is 3.27. The smallest absolute Gasteiger partial charge is 0.228 e. The normalized spacial score (nSPS) is 24.6. The SMILES string of the molecule is CC1NNCC1C(=O)N1CCC(n2cc(-c3ccccn3)nn2)CC1. The molecule has 4 heterocycles. The van der Waals surface area contributed by atoms with Crippen LogP contribution in [0.15, 0.2) is 30.6 Å². The number of carbonyl (C=O) groups excluding carboxylic acids is 1. The average Bonchev–Trinajstić information content (AvgIpc) is 3.31. The number of carbonyl (C=O) groups is 1. The summed E-state index contributed by atoms with van der Waals surface area (Å²) in [6.07, 6.45) is 5.51. The molecule has 2 N–H and O–H groups in total. The van der Waals surface area contributed by atoms with E-state index >= 15 is 0 Å². The maximum Gasteiger partial charge on any atom is 0.228 e. The van der Waals surface area contributed by atoms with E-state index < -0.39 is 0 Å². The van der Waals surface area contributed by atoms with Crippen molar-refractivity contribution in [1.29, 1.82) is 0 Å². The van der Waals surface area contributed by atoms with Gasteiger partial charge in [-0.05, 0) is 31.9 Å². The molecule has 0 bridgehead atoms. The van der Waals surface area contributed by atoms with E-state index in [2.05, 4.69) is 26.1 Å². The highest BCUT2D eigenvalue weighted by Gasteiger charge is 2.34. The fraction of sp³-hybridized carbons (Fsp3) is 0.529. The summed E-state index contributed by atoms with van der Waals surface area (Å²) in [5.74, 6) is 0.273. The standard InChI is InChI=1S/C17H23N7O/c1-12-14(10-19-20-12)17(25)23-8-5-13(6-9-23)24-11-16(21-22-24)15-4-2-3-7-18-15/h2-4,7,11-14,19-20H,5-6,8-10H2,1H3. The van der Waals surface area contributed by atoms with E-state index in [1.54, 1.807) is 6.20 Å². The van der Waals surface area contributed by atoms with Crippen molar-refractivity contribution < 1.29 is 4.79 Å². The lowest BCUT2D eigenvalue weighted by atomic mass is 9.99. The van der Waals surface area contributed by atoms with Crippen LogP contribution in [0.2, 0.25) is 0 Å². The molecule has 2 saturated heterocycles. The molecule has 2 aromatic heterocycles. The van der Waals surface area contributed by atoms with Crippen LogP contribution in [-0.4, -0.2) is 56.5 Å². The molecule has 2 atom stereocenters. The van der Waals surface area contributed by atoms with Crippen LogP contribution in [0.1, 0.15) is 25.8 Å². The van der Waals surface area contributed by atoms with Crippen molar-refractivity contribution in [1.82, 2.24) is 35.7 Å². The van der Waals surface area contributed by atoms with Crippen molar-refractivity contribution in [2.45, 2.75) is 31.8 Å². The number of hydrogen-bond donors (Lipinski definition) is 2. The van der Waals surface area contributed by atoms with Crippen molar-refractivity contribution in [2.75, 3.05) is 19.6 Å². The lowest BCUT2D eigenvalue weighted by Crippen LogP contribution is -2.45. The second-order valence-corrected chi connectivity index (χ2v) is 6.78. The summed E-state index contributed by atoms with van der Waals surface area (Å²) in [5.41, 5.74) is 7.80. The van der Waals surface area contributed by atoms with Gasteiger partial charge in [-0.3, -0.25) is 20.6 Å². The van der Waals surface area contributed by atoms with Crippen molar-refractivity contribution in [3.8, 4) is 11.4 Å². The minimum Gasteiger partial charge on any atom is -0.342 e. The Hall–Kier alpha value is -2.32. The van der Waals surface area contributed by atoms with Gasteiger partial charge in [-0.1, -0.05) is 11.3 Å². The van der Waals surface area contributed by atoms with Crippen LogP contribution in [0.3, 0.4) is 0 Å². The van der Waals surface area contributed by atoms with Gasteiger partial charge in [-0.25, -0.2) is 4.68 Å². The first kappa shape index (κ1) is 16.2. The van der Waals surface area contributed by atoms with E-state index in [1.165, 1.54) is 0 Å². The number of aromatic nitrogens is 4. The first-order valence-electron chi connectivity index (χ1n) is 8.83. The molecule has 1 amide bonds. The van der Waals surface area contributed by atoms with E-state index in [4.69, 9.17) is 0 Å². The Labute approximate surface area is 146 Å². The molecule has 0 saturated carbocycles. The summed E-state index contributed by atoms with van der Waals surface area (Å²) >= 11 is 0. The minimum atomic E-state index is 0.0266. The summed E-state index contributed by atoms with van der Waals surface area (Å²) in [4.78, 5) is 18.9. The summed E-state index contributed by atoms with van der Waals surface area (Å²) in [7, 11) is 0. The zero-order valence-electron chi connectivity index (χ0n) is 14.3. The first-order valence-corrected chi connectivity index (χ1v) is 8.83. The van der Waals surface area contributed by atoms with Gasteiger partial charge in [0.25, 0.3) is 0 Å². The van der Waals surface area contributed by atoms with E-state index in [0.717, 1.165) is 37.3 Å². The monoisotopic (exact) mass is 341 g/mol. The zero-order valence-corrected chi connectivity index (χ0v) is 14.3. The molecule has 0 radical (unpaired) electrons. The lowest BCUT2D eigenvalue weighted by Gasteiger charge is -2.33. The number of nitrogens with zero attached hydrogens (tertiary/aromatic N) is 5. The molecular formula is C17H23N7O. The Morgan fingerprint density at radius 2 is 2.08 bits per heavy atom. The molecule has 132 valence electrons. The van der Waals surface area contributed by atoms with Crippen molar-refractivity contribution in [2.24, 2.45) is 5.92 Å². The predicted octanol–water partition coefficient (Wildman–Crippen LogP) is 0.616. The van der Waals surface area contributed by atoms with Crippen molar-refractivity contribution >= 4 is 5.91 Å². The van der Waals surface area contributed by atoms with E-state index in [0.29, 0.717) is 6.54 Å². The molecule has 2 unspecified atom stereocenters. The first-order chi connectivity index (χ1) is 12.2. The number of hydrazine groups is 1. The third-order valence-corrected chi connectivity index (χ3v) is 5.16. The Balaban J connectivity index is 1.37. The van der Waals surface area contributed by atoms with Crippen LogP contribution in [-0.2, 0) is 4.79 Å². The molecule has 8 heteroatoms. The number of amides is 1. The van der Waals surface area contributed by atoms with Crippen LogP contribution < -0.4 is 10.9 Å². The van der Waals surface area contributed by atoms with Gasteiger partial charge in [0.15, 0.2) is 0 Å². The molecule has 0 aliphatic carbocycles. The van der Waals surface area contributed by atoms with Gasteiger partial charge in [0.05, 0.1) is 23.9 Å². The number of likely N-dealkylation sites (tertiary alicyclic amines) is 1. The van der Waals surface area contributed by atoms with Gasteiger partial charge in [0.2, 0.25) is 5.91 Å². The number of piperidine rings is 1. The summed E-state index contributed by atoms with van der Waals surface area (Å²) in [6, 6.07) is 6.23. The minimum absolute atomic E-state index is 0.0266. The highest BCUT2D eigenvalue weighted by atomic mass is 16.2. The summed E-state index contributed by atoms with van der Waals surface area (Å²) in [6.45, 7) is 4.29. The molecule has 2 fully saturated rings. The average molecular weight is 341 g/mol. The van der Waals surface area contributed by atoms with E-state index in [9.17, 15) is 4.79 Å².